The molecule has 2 aromatic rings. The molecule has 0 aliphatic carbocycles. The SMILES string of the molecule is O=C1CCc2cccc(N3CCN(C(=O)c4ccc5c(c4)OCO5)CC3)c2N1. The number of hydrogen-bond acceptors (Lipinski definition) is 5. The van der Waals surface area contributed by atoms with Crippen molar-refractivity contribution in [3.63, 3.8) is 0 Å². The molecule has 7 heteroatoms. The number of anilines is 2. The zero-order valence-electron chi connectivity index (χ0n) is 15.4. The Morgan fingerprint density at radius 2 is 1.79 bits per heavy atom. The summed E-state index contributed by atoms with van der Waals surface area (Å²) < 4.78 is 10.7. The van der Waals surface area contributed by atoms with Crippen LogP contribution < -0.4 is 19.7 Å². The van der Waals surface area contributed by atoms with Gasteiger partial charge < -0.3 is 24.6 Å². The predicted molar refractivity (Wildman–Crippen MR) is 104 cm³/mol. The maximum absolute atomic E-state index is 12.9. The number of aryl methyl sites for hydroxylation is 1. The minimum Gasteiger partial charge on any atom is -0.454 e. The zero-order chi connectivity index (χ0) is 19.1. The molecule has 0 radical (unpaired) electrons. The number of hydrogen-bond donors (Lipinski definition) is 1. The Morgan fingerprint density at radius 1 is 0.964 bits per heavy atom. The maximum atomic E-state index is 12.9. The molecular formula is C21H21N3O4. The van der Waals surface area contributed by atoms with Gasteiger partial charge in [-0.25, -0.2) is 0 Å². The lowest BCUT2D eigenvalue weighted by molar-refractivity contribution is -0.116. The number of amides is 2. The Hall–Kier alpha value is -3.22. The lowest BCUT2D eigenvalue weighted by atomic mass is 10.0. The number of ether oxygens (including phenoxy) is 2. The van der Waals surface area contributed by atoms with Gasteiger partial charge in [0.2, 0.25) is 12.7 Å². The quantitative estimate of drug-likeness (QED) is 0.867. The van der Waals surface area contributed by atoms with Gasteiger partial charge in [-0.15, -0.1) is 0 Å². The fourth-order valence-electron chi connectivity index (χ4n) is 4.02. The first-order chi connectivity index (χ1) is 13.7. The summed E-state index contributed by atoms with van der Waals surface area (Å²) in [5.74, 6) is 1.37. The first-order valence-corrected chi connectivity index (χ1v) is 9.55. The molecule has 7 nitrogen and oxygen atoms in total. The third kappa shape index (κ3) is 2.93. The van der Waals surface area contributed by atoms with E-state index in [1.54, 1.807) is 18.2 Å². The van der Waals surface area contributed by atoms with Gasteiger partial charge in [0.1, 0.15) is 0 Å². The van der Waals surface area contributed by atoms with Crippen LogP contribution in [0.15, 0.2) is 36.4 Å². The summed E-state index contributed by atoms with van der Waals surface area (Å²) in [6.07, 6.45) is 1.31. The van der Waals surface area contributed by atoms with E-state index in [4.69, 9.17) is 9.47 Å². The van der Waals surface area contributed by atoms with Crippen molar-refractivity contribution in [1.82, 2.24) is 4.90 Å². The fourth-order valence-corrected chi connectivity index (χ4v) is 4.02. The van der Waals surface area contributed by atoms with Crippen LogP contribution in [-0.2, 0) is 11.2 Å². The smallest absolute Gasteiger partial charge is 0.254 e. The number of carbonyl (C=O) groups excluding carboxylic acids is 2. The normalized spacial score (nSPS) is 17.9. The number of piperazine rings is 1. The third-order valence-corrected chi connectivity index (χ3v) is 5.54. The van der Waals surface area contributed by atoms with E-state index < -0.39 is 0 Å². The second-order valence-corrected chi connectivity index (χ2v) is 7.21. The standard InChI is InChI=1S/C21H21N3O4/c25-19-7-5-14-2-1-3-16(20(14)22-19)23-8-10-24(11-9-23)21(26)15-4-6-17-18(12-15)28-13-27-17/h1-4,6,12H,5,7-11,13H2,(H,22,25). The Kier molecular flexibility index (Phi) is 4.07. The van der Waals surface area contributed by atoms with Gasteiger partial charge >= 0.3 is 0 Å². The third-order valence-electron chi connectivity index (χ3n) is 5.54. The molecule has 144 valence electrons. The summed E-state index contributed by atoms with van der Waals surface area (Å²) in [6.45, 7) is 2.91. The number of benzene rings is 2. The maximum Gasteiger partial charge on any atom is 0.254 e. The number of carbonyl (C=O) groups is 2. The van der Waals surface area contributed by atoms with Crippen molar-refractivity contribution < 1.29 is 19.1 Å². The van der Waals surface area contributed by atoms with Crippen molar-refractivity contribution >= 4 is 23.2 Å². The fraction of sp³-hybridized carbons (Fsp3) is 0.333. The Labute approximate surface area is 162 Å². The number of rotatable bonds is 2. The average Bonchev–Trinajstić information content (AvgIpc) is 3.21. The van der Waals surface area contributed by atoms with Gasteiger partial charge in [0.05, 0.1) is 11.4 Å². The molecule has 0 bridgehead atoms. The van der Waals surface area contributed by atoms with E-state index in [1.165, 1.54) is 5.56 Å². The monoisotopic (exact) mass is 379 g/mol. The highest BCUT2D eigenvalue weighted by molar-refractivity contribution is 5.98. The highest BCUT2D eigenvalue weighted by Gasteiger charge is 2.27. The lowest BCUT2D eigenvalue weighted by Gasteiger charge is -2.37. The molecule has 0 spiro atoms. The van der Waals surface area contributed by atoms with E-state index in [1.807, 2.05) is 17.0 Å². The highest BCUT2D eigenvalue weighted by atomic mass is 16.7. The second kappa shape index (κ2) is 6.74. The Morgan fingerprint density at radius 3 is 2.64 bits per heavy atom. The van der Waals surface area contributed by atoms with Crippen LogP contribution >= 0.6 is 0 Å². The van der Waals surface area contributed by atoms with Crippen molar-refractivity contribution in [1.29, 1.82) is 0 Å². The molecule has 1 saturated heterocycles. The van der Waals surface area contributed by atoms with Crippen LogP contribution in [0.4, 0.5) is 11.4 Å². The first kappa shape index (κ1) is 16.9. The molecule has 0 saturated carbocycles. The summed E-state index contributed by atoms with van der Waals surface area (Å²) in [4.78, 5) is 28.8. The molecule has 3 aliphatic rings. The van der Waals surface area contributed by atoms with Crippen LogP contribution in [0.3, 0.4) is 0 Å². The molecule has 5 rings (SSSR count). The van der Waals surface area contributed by atoms with Crippen LogP contribution in [0, 0.1) is 0 Å². The van der Waals surface area contributed by atoms with Crippen molar-refractivity contribution in [3.05, 3.63) is 47.5 Å². The van der Waals surface area contributed by atoms with Gasteiger partial charge in [0.25, 0.3) is 5.91 Å². The molecule has 0 unspecified atom stereocenters. The average molecular weight is 379 g/mol. The van der Waals surface area contributed by atoms with Gasteiger partial charge in [-0.2, -0.15) is 0 Å². The summed E-state index contributed by atoms with van der Waals surface area (Å²) in [6, 6.07) is 11.5. The van der Waals surface area contributed by atoms with Gasteiger partial charge in [-0.3, -0.25) is 9.59 Å². The molecule has 0 aromatic heterocycles. The summed E-state index contributed by atoms with van der Waals surface area (Å²) >= 11 is 0. The Balaban J connectivity index is 1.29. The van der Waals surface area contributed by atoms with E-state index in [0.29, 0.717) is 36.6 Å². The summed E-state index contributed by atoms with van der Waals surface area (Å²) in [7, 11) is 0. The topological polar surface area (TPSA) is 71.1 Å². The summed E-state index contributed by atoms with van der Waals surface area (Å²) in [5, 5.41) is 3.02. The lowest BCUT2D eigenvalue weighted by Crippen LogP contribution is -2.49. The van der Waals surface area contributed by atoms with Gasteiger partial charge in [-0.1, -0.05) is 12.1 Å². The van der Waals surface area contributed by atoms with E-state index in [9.17, 15) is 9.59 Å². The molecule has 3 aliphatic heterocycles. The molecule has 0 atom stereocenters. The number of para-hydroxylation sites is 1. The van der Waals surface area contributed by atoms with Crippen LogP contribution in [0.2, 0.25) is 0 Å². The largest absolute Gasteiger partial charge is 0.454 e. The van der Waals surface area contributed by atoms with Gasteiger partial charge in [0, 0.05) is 38.2 Å². The highest BCUT2D eigenvalue weighted by Crippen LogP contribution is 2.35. The zero-order valence-corrected chi connectivity index (χ0v) is 15.4. The minimum absolute atomic E-state index is 0.00124. The molecule has 2 aromatic carbocycles. The predicted octanol–water partition coefficient (Wildman–Crippen LogP) is 2.26. The molecule has 2 amide bonds. The number of nitrogens with one attached hydrogen (secondary N) is 1. The van der Waals surface area contributed by atoms with Gasteiger partial charge in [-0.05, 0) is 36.2 Å². The van der Waals surface area contributed by atoms with Crippen molar-refractivity contribution in [2.24, 2.45) is 0 Å². The molecular weight excluding hydrogens is 358 g/mol. The first-order valence-electron chi connectivity index (χ1n) is 9.55. The second-order valence-electron chi connectivity index (χ2n) is 7.21. The van der Waals surface area contributed by atoms with Crippen LogP contribution in [0.1, 0.15) is 22.3 Å². The molecule has 1 fully saturated rings. The number of nitrogens with zero attached hydrogens (tertiary/aromatic N) is 2. The molecule has 28 heavy (non-hydrogen) atoms. The van der Waals surface area contributed by atoms with Crippen LogP contribution in [0.5, 0.6) is 11.5 Å². The van der Waals surface area contributed by atoms with Crippen molar-refractivity contribution in [2.75, 3.05) is 43.2 Å². The van der Waals surface area contributed by atoms with Gasteiger partial charge in [0.15, 0.2) is 11.5 Å². The van der Waals surface area contributed by atoms with E-state index >= 15 is 0 Å². The molecule has 1 N–H and O–H groups in total. The minimum atomic E-state index is 0.00124. The van der Waals surface area contributed by atoms with Crippen LogP contribution in [0.25, 0.3) is 0 Å². The van der Waals surface area contributed by atoms with E-state index in [0.717, 1.165) is 30.9 Å². The Bertz CT molecular complexity index is 951. The van der Waals surface area contributed by atoms with Crippen molar-refractivity contribution in [2.45, 2.75) is 12.8 Å². The number of fused-ring (bicyclic) bond motifs is 2. The van der Waals surface area contributed by atoms with E-state index in [-0.39, 0.29) is 18.6 Å². The molecule has 3 heterocycles. The van der Waals surface area contributed by atoms with E-state index in [2.05, 4.69) is 16.3 Å². The summed E-state index contributed by atoms with van der Waals surface area (Å²) in [5.41, 5.74) is 3.76. The van der Waals surface area contributed by atoms with Crippen molar-refractivity contribution in [3.8, 4) is 11.5 Å². The van der Waals surface area contributed by atoms with Crippen LogP contribution in [-0.4, -0.2) is 49.7 Å².